The molecule has 0 radical (unpaired) electrons. The highest BCUT2D eigenvalue weighted by atomic mass is 19.2. The fourth-order valence-corrected chi connectivity index (χ4v) is 5.02. The second kappa shape index (κ2) is 6.57. The molecular weight excluding hydrogens is 376 g/mol. The van der Waals surface area contributed by atoms with Crippen molar-refractivity contribution < 1.29 is 13.6 Å². The molecule has 1 amide bonds. The lowest BCUT2D eigenvalue weighted by Gasteiger charge is -2.19. The maximum atomic E-state index is 13.7. The van der Waals surface area contributed by atoms with Crippen LogP contribution in [0.15, 0.2) is 30.9 Å². The lowest BCUT2D eigenvalue weighted by molar-refractivity contribution is -0.120. The molecule has 5 rings (SSSR count). The molecular formula is C21H21F2N5O. The zero-order valence-electron chi connectivity index (χ0n) is 16.1. The Bertz CT molecular complexity index is 1080. The van der Waals surface area contributed by atoms with Crippen LogP contribution in [-0.4, -0.2) is 25.4 Å². The molecule has 2 aromatic heterocycles. The lowest BCUT2D eigenvalue weighted by atomic mass is 9.96. The van der Waals surface area contributed by atoms with Crippen LogP contribution >= 0.6 is 0 Å². The summed E-state index contributed by atoms with van der Waals surface area (Å²) in [6.07, 6.45) is 6.69. The highest BCUT2D eigenvalue weighted by molar-refractivity contribution is 5.91. The number of fused-ring (bicyclic) bond motifs is 2. The molecule has 0 saturated heterocycles. The van der Waals surface area contributed by atoms with Gasteiger partial charge >= 0.3 is 0 Å². The predicted octanol–water partition coefficient (Wildman–Crippen LogP) is 3.88. The molecule has 6 nitrogen and oxygen atoms in total. The SMILES string of the molecule is Cc1cnc(NC(=O)C(C)[C@H]2[C@@H]3C[C@@H](n4cnc5cc(F)c(F)cc54)C[C@@H]32)cn1. The van der Waals surface area contributed by atoms with Gasteiger partial charge in [0, 0.05) is 24.1 Å². The van der Waals surface area contributed by atoms with E-state index in [0.29, 0.717) is 34.6 Å². The number of anilines is 1. The molecule has 1 unspecified atom stereocenters. The Balaban J connectivity index is 1.25. The Kier molecular flexibility index (Phi) is 4.11. The van der Waals surface area contributed by atoms with Crippen molar-refractivity contribution in [3.05, 3.63) is 48.2 Å². The van der Waals surface area contributed by atoms with Gasteiger partial charge in [-0.15, -0.1) is 0 Å². The van der Waals surface area contributed by atoms with Crippen LogP contribution in [-0.2, 0) is 4.79 Å². The van der Waals surface area contributed by atoms with Crippen LogP contribution in [0.25, 0.3) is 11.0 Å². The van der Waals surface area contributed by atoms with Gasteiger partial charge in [0.2, 0.25) is 5.91 Å². The highest BCUT2D eigenvalue weighted by Crippen LogP contribution is 2.64. The number of amides is 1. The molecule has 2 saturated carbocycles. The quantitative estimate of drug-likeness (QED) is 0.725. The van der Waals surface area contributed by atoms with Crippen molar-refractivity contribution >= 4 is 22.8 Å². The van der Waals surface area contributed by atoms with E-state index in [9.17, 15) is 13.6 Å². The van der Waals surface area contributed by atoms with E-state index in [-0.39, 0.29) is 17.9 Å². The van der Waals surface area contributed by atoms with Crippen molar-refractivity contribution in [3.8, 4) is 0 Å². The van der Waals surface area contributed by atoms with Gasteiger partial charge in [0.25, 0.3) is 0 Å². The summed E-state index contributed by atoms with van der Waals surface area (Å²) in [4.78, 5) is 25.1. The van der Waals surface area contributed by atoms with Crippen molar-refractivity contribution in [2.75, 3.05) is 5.32 Å². The molecule has 0 bridgehead atoms. The van der Waals surface area contributed by atoms with E-state index in [4.69, 9.17) is 0 Å². The van der Waals surface area contributed by atoms with Crippen LogP contribution in [0.2, 0.25) is 0 Å². The summed E-state index contributed by atoms with van der Waals surface area (Å²) in [6.45, 7) is 3.80. The van der Waals surface area contributed by atoms with E-state index in [1.807, 2.05) is 18.4 Å². The van der Waals surface area contributed by atoms with E-state index in [0.717, 1.165) is 24.6 Å². The minimum Gasteiger partial charge on any atom is -0.327 e. The van der Waals surface area contributed by atoms with Crippen molar-refractivity contribution in [1.29, 1.82) is 0 Å². The van der Waals surface area contributed by atoms with Crippen LogP contribution in [0, 0.1) is 42.2 Å². The van der Waals surface area contributed by atoms with Crippen molar-refractivity contribution in [3.63, 3.8) is 0 Å². The fraction of sp³-hybridized carbons (Fsp3) is 0.429. The first-order valence-electron chi connectivity index (χ1n) is 9.83. The molecule has 8 heteroatoms. The molecule has 150 valence electrons. The largest absolute Gasteiger partial charge is 0.327 e. The minimum atomic E-state index is -0.879. The van der Waals surface area contributed by atoms with Crippen molar-refractivity contribution in [2.24, 2.45) is 23.7 Å². The second-order valence-electron chi connectivity index (χ2n) is 8.26. The van der Waals surface area contributed by atoms with Crippen molar-refractivity contribution in [1.82, 2.24) is 19.5 Å². The Morgan fingerprint density at radius 3 is 2.55 bits per heavy atom. The van der Waals surface area contributed by atoms with Gasteiger partial charge in [-0.2, -0.15) is 0 Å². The summed E-state index contributed by atoms with van der Waals surface area (Å²) < 4.78 is 29.0. The average molecular weight is 397 g/mol. The first kappa shape index (κ1) is 18.1. The number of carbonyl (C=O) groups is 1. The van der Waals surface area contributed by atoms with E-state index >= 15 is 0 Å². The standard InChI is InChI=1S/C21H21F2N5O/c1-10-7-25-19(8-24-10)27-21(29)11(2)20-13-3-12(4-14(13)20)28-9-26-17-5-15(22)16(23)6-18(17)28/h5-9,11-14,20H,3-4H2,1-2H3,(H,25,27,29)/t11?,12-,13-,14+,20+. The number of hydrogen-bond donors (Lipinski definition) is 1. The van der Waals surface area contributed by atoms with Gasteiger partial charge in [-0.05, 0) is 37.5 Å². The van der Waals surface area contributed by atoms with Gasteiger partial charge < -0.3 is 9.88 Å². The third-order valence-corrected chi connectivity index (χ3v) is 6.52. The monoisotopic (exact) mass is 397 g/mol. The number of nitrogens with zero attached hydrogens (tertiary/aromatic N) is 4. The molecule has 2 fully saturated rings. The Morgan fingerprint density at radius 1 is 1.14 bits per heavy atom. The van der Waals surface area contributed by atoms with Gasteiger partial charge in [-0.1, -0.05) is 6.92 Å². The number of halogens is 2. The molecule has 0 aliphatic heterocycles. The number of nitrogens with one attached hydrogen (secondary N) is 1. The first-order chi connectivity index (χ1) is 13.9. The third kappa shape index (κ3) is 3.07. The molecule has 0 spiro atoms. The third-order valence-electron chi connectivity index (χ3n) is 6.52. The molecule has 5 atom stereocenters. The Labute approximate surface area is 166 Å². The number of rotatable bonds is 4. The molecule has 29 heavy (non-hydrogen) atoms. The molecule has 2 heterocycles. The van der Waals surface area contributed by atoms with E-state index in [1.165, 1.54) is 6.07 Å². The van der Waals surface area contributed by atoms with E-state index in [1.54, 1.807) is 18.7 Å². The fourth-order valence-electron chi connectivity index (χ4n) is 5.02. The normalized spacial score (nSPS) is 26.3. The summed E-state index contributed by atoms with van der Waals surface area (Å²) >= 11 is 0. The average Bonchev–Trinajstić information content (AvgIpc) is 3.02. The number of aromatic nitrogens is 4. The number of carbonyl (C=O) groups excluding carboxylic acids is 1. The molecule has 3 aromatic rings. The highest BCUT2D eigenvalue weighted by Gasteiger charge is 2.59. The topological polar surface area (TPSA) is 72.7 Å². The summed E-state index contributed by atoms with van der Waals surface area (Å²) in [5.41, 5.74) is 1.89. The van der Waals surface area contributed by atoms with Crippen LogP contribution in [0.5, 0.6) is 0 Å². The predicted molar refractivity (Wildman–Crippen MR) is 103 cm³/mol. The number of imidazole rings is 1. The Morgan fingerprint density at radius 2 is 1.86 bits per heavy atom. The summed E-state index contributed by atoms with van der Waals surface area (Å²) in [5.74, 6) is -0.145. The molecule has 1 N–H and O–H groups in total. The number of hydrogen-bond acceptors (Lipinski definition) is 4. The van der Waals surface area contributed by atoms with Gasteiger partial charge in [-0.25, -0.2) is 18.7 Å². The van der Waals surface area contributed by atoms with Gasteiger partial charge in [-0.3, -0.25) is 9.78 Å². The maximum absolute atomic E-state index is 13.7. The van der Waals surface area contributed by atoms with Crippen LogP contribution in [0.4, 0.5) is 14.6 Å². The maximum Gasteiger partial charge on any atom is 0.228 e. The lowest BCUT2D eigenvalue weighted by Crippen LogP contribution is -2.24. The van der Waals surface area contributed by atoms with Crippen LogP contribution in [0.1, 0.15) is 31.5 Å². The minimum absolute atomic E-state index is 0.0373. The van der Waals surface area contributed by atoms with Gasteiger partial charge in [0.15, 0.2) is 17.5 Å². The van der Waals surface area contributed by atoms with Crippen molar-refractivity contribution in [2.45, 2.75) is 32.7 Å². The van der Waals surface area contributed by atoms with Crippen LogP contribution < -0.4 is 5.32 Å². The molecule has 1 aromatic carbocycles. The zero-order valence-corrected chi connectivity index (χ0v) is 16.1. The number of aryl methyl sites for hydroxylation is 1. The van der Waals surface area contributed by atoms with Gasteiger partial charge in [0.05, 0.1) is 35.4 Å². The zero-order chi connectivity index (χ0) is 20.3. The summed E-state index contributed by atoms with van der Waals surface area (Å²) in [6, 6.07) is 2.56. The Hall–Kier alpha value is -2.90. The first-order valence-corrected chi connectivity index (χ1v) is 9.83. The smallest absolute Gasteiger partial charge is 0.228 e. The second-order valence-corrected chi connectivity index (χ2v) is 8.26. The van der Waals surface area contributed by atoms with E-state index in [2.05, 4.69) is 20.3 Å². The number of benzene rings is 1. The van der Waals surface area contributed by atoms with Crippen LogP contribution in [0.3, 0.4) is 0 Å². The molecule has 2 aliphatic rings. The molecule has 2 aliphatic carbocycles. The summed E-state index contributed by atoms with van der Waals surface area (Å²) in [7, 11) is 0. The van der Waals surface area contributed by atoms with Gasteiger partial charge in [0.1, 0.15) is 0 Å². The summed E-state index contributed by atoms with van der Waals surface area (Å²) in [5, 5.41) is 2.85. The van der Waals surface area contributed by atoms with E-state index < -0.39 is 11.6 Å².